The summed E-state index contributed by atoms with van der Waals surface area (Å²) in [6, 6.07) is 0. The number of hydrogen-bond donors (Lipinski definition) is 1. The van der Waals surface area contributed by atoms with Crippen molar-refractivity contribution < 1.29 is 9.72 Å². The van der Waals surface area contributed by atoms with Crippen LogP contribution in [0.25, 0.3) is 0 Å². The molecule has 1 atom stereocenters. The molecule has 0 aromatic rings. The molecule has 1 rings (SSSR count). The van der Waals surface area contributed by atoms with Gasteiger partial charge in [0, 0.05) is 18.0 Å². The molecule has 1 unspecified atom stereocenters. The Morgan fingerprint density at radius 1 is 1.79 bits per heavy atom. The Labute approximate surface area is 85.6 Å². The summed E-state index contributed by atoms with van der Waals surface area (Å²) in [5.74, 6) is -0.460. The van der Waals surface area contributed by atoms with E-state index in [1.807, 2.05) is 0 Å². The summed E-state index contributed by atoms with van der Waals surface area (Å²) in [4.78, 5) is 21.1. The van der Waals surface area contributed by atoms with Crippen LogP contribution in [0.1, 0.15) is 13.3 Å². The molecule has 0 saturated carbocycles. The van der Waals surface area contributed by atoms with Crippen LogP contribution in [-0.2, 0) is 4.79 Å². The Hall–Kier alpha value is -1.36. The van der Waals surface area contributed by atoms with Crippen molar-refractivity contribution in [1.29, 1.82) is 0 Å². The van der Waals surface area contributed by atoms with Gasteiger partial charge in [-0.25, -0.2) is 0 Å². The smallest absolute Gasteiger partial charge is 0.288 e. The number of allylic oxidation sites excluding steroid dienone is 2. The number of nitrogens with one attached hydrogen (secondary N) is 1. The molecule has 0 fully saturated rings. The molecule has 0 bridgehead atoms. The number of carbonyl (C=O) groups is 1. The van der Waals surface area contributed by atoms with Crippen molar-refractivity contribution in [2.24, 2.45) is 0 Å². The number of nitrogens with zero attached hydrogens (tertiary/aromatic N) is 1. The van der Waals surface area contributed by atoms with Crippen LogP contribution in [0.15, 0.2) is 23.3 Å². The molecule has 76 valence electrons. The molecule has 0 aromatic heterocycles. The van der Waals surface area contributed by atoms with Gasteiger partial charge < -0.3 is 0 Å². The van der Waals surface area contributed by atoms with Crippen LogP contribution in [0.4, 0.5) is 0 Å². The Morgan fingerprint density at radius 2 is 2.43 bits per heavy atom. The van der Waals surface area contributed by atoms with Gasteiger partial charge in [-0.05, 0) is 6.08 Å². The van der Waals surface area contributed by atoms with Gasteiger partial charge in [0.1, 0.15) is 0 Å². The SMILES string of the molecule is CC(=O)NC1([N+](=O)[O-])C=C(Cl)C=CC1. The third-order valence-electron chi connectivity index (χ3n) is 1.80. The van der Waals surface area contributed by atoms with E-state index in [4.69, 9.17) is 11.6 Å². The Bertz CT molecular complexity index is 337. The molecule has 1 N–H and O–H groups in total. The lowest BCUT2D eigenvalue weighted by Crippen LogP contribution is -2.52. The van der Waals surface area contributed by atoms with E-state index in [1.165, 1.54) is 13.0 Å². The van der Waals surface area contributed by atoms with Crippen LogP contribution in [0, 0.1) is 10.1 Å². The van der Waals surface area contributed by atoms with Crippen LogP contribution in [0.5, 0.6) is 0 Å². The zero-order valence-electron chi connectivity index (χ0n) is 7.49. The molecule has 0 heterocycles. The van der Waals surface area contributed by atoms with E-state index in [-0.39, 0.29) is 11.5 Å². The molecule has 0 radical (unpaired) electrons. The Kier molecular flexibility index (Phi) is 2.90. The van der Waals surface area contributed by atoms with E-state index in [0.29, 0.717) is 0 Å². The third kappa shape index (κ3) is 2.11. The normalized spacial score (nSPS) is 25.4. The summed E-state index contributed by atoms with van der Waals surface area (Å²) in [6.07, 6.45) is 4.46. The number of halogens is 1. The molecule has 6 heteroatoms. The van der Waals surface area contributed by atoms with Crippen LogP contribution in [-0.4, -0.2) is 16.5 Å². The fourth-order valence-electron chi connectivity index (χ4n) is 1.25. The topological polar surface area (TPSA) is 72.2 Å². The van der Waals surface area contributed by atoms with E-state index in [2.05, 4.69) is 5.32 Å². The number of carbonyl (C=O) groups excluding carboxylic acids is 1. The van der Waals surface area contributed by atoms with Crippen molar-refractivity contribution in [3.63, 3.8) is 0 Å². The minimum absolute atomic E-state index is 0.107. The average molecular weight is 217 g/mol. The second-order valence-corrected chi connectivity index (χ2v) is 3.43. The van der Waals surface area contributed by atoms with Gasteiger partial charge in [0.05, 0.1) is 11.3 Å². The van der Waals surface area contributed by atoms with E-state index in [9.17, 15) is 14.9 Å². The van der Waals surface area contributed by atoms with Gasteiger partial charge in [-0.15, -0.1) is 0 Å². The molecule has 1 amide bonds. The first kappa shape index (κ1) is 10.7. The highest BCUT2D eigenvalue weighted by molar-refractivity contribution is 6.31. The fraction of sp³-hybridized carbons (Fsp3) is 0.375. The lowest BCUT2D eigenvalue weighted by atomic mass is 10.0. The molecule has 0 spiro atoms. The first-order chi connectivity index (χ1) is 6.46. The molecule has 0 saturated heterocycles. The van der Waals surface area contributed by atoms with E-state index in [0.717, 1.165) is 0 Å². The standard InChI is InChI=1S/C8H9ClN2O3/c1-6(12)10-8(11(13)14)4-2-3-7(9)5-8/h2-3,5H,4H2,1H3,(H,10,12). The molecule has 1 aliphatic carbocycles. The van der Waals surface area contributed by atoms with E-state index in [1.54, 1.807) is 12.2 Å². The van der Waals surface area contributed by atoms with Gasteiger partial charge in [0.2, 0.25) is 5.91 Å². The van der Waals surface area contributed by atoms with Crippen molar-refractivity contribution in [3.05, 3.63) is 33.4 Å². The summed E-state index contributed by atoms with van der Waals surface area (Å²) < 4.78 is 0. The van der Waals surface area contributed by atoms with Gasteiger partial charge in [0.15, 0.2) is 0 Å². The maximum absolute atomic E-state index is 10.8. The molecule has 5 nitrogen and oxygen atoms in total. The maximum atomic E-state index is 10.8. The second kappa shape index (κ2) is 3.79. The van der Waals surface area contributed by atoms with Crippen LogP contribution in [0.2, 0.25) is 0 Å². The molecule has 14 heavy (non-hydrogen) atoms. The van der Waals surface area contributed by atoms with Gasteiger partial charge in [-0.3, -0.25) is 20.2 Å². The highest BCUT2D eigenvalue weighted by Crippen LogP contribution is 2.23. The van der Waals surface area contributed by atoms with E-state index >= 15 is 0 Å². The minimum Gasteiger partial charge on any atom is -0.288 e. The van der Waals surface area contributed by atoms with Crippen molar-refractivity contribution in [1.82, 2.24) is 5.32 Å². The Morgan fingerprint density at radius 3 is 2.86 bits per heavy atom. The molecule has 0 aliphatic heterocycles. The van der Waals surface area contributed by atoms with Gasteiger partial charge >= 0.3 is 5.66 Å². The molecular formula is C8H9ClN2O3. The lowest BCUT2D eigenvalue weighted by Gasteiger charge is -2.23. The molecule has 0 aromatic carbocycles. The summed E-state index contributed by atoms with van der Waals surface area (Å²) in [7, 11) is 0. The highest BCUT2D eigenvalue weighted by atomic mass is 35.5. The van der Waals surface area contributed by atoms with Crippen LogP contribution >= 0.6 is 11.6 Å². The quantitative estimate of drug-likeness (QED) is 0.428. The minimum atomic E-state index is -1.59. The van der Waals surface area contributed by atoms with Gasteiger partial charge in [-0.1, -0.05) is 17.7 Å². The zero-order valence-corrected chi connectivity index (χ0v) is 8.25. The molecular weight excluding hydrogens is 208 g/mol. The predicted molar refractivity (Wildman–Crippen MR) is 51.2 cm³/mol. The Balaban J connectivity index is 3.00. The highest BCUT2D eigenvalue weighted by Gasteiger charge is 2.41. The van der Waals surface area contributed by atoms with Crippen LogP contribution in [0.3, 0.4) is 0 Å². The van der Waals surface area contributed by atoms with E-state index < -0.39 is 16.5 Å². The zero-order chi connectivity index (χ0) is 10.8. The maximum Gasteiger partial charge on any atom is 0.320 e. The first-order valence-electron chi connectivity index (χ1n) is 3.94. The van der Waals surface area contributed by atoms with Gasteiger partial charge in [-0.2, -0.15) is 0 Å². The number of amides is 1. The monoisotopic (exact) mass is 216 g/mol. The average Bonchev–Trinajstić information content (AvgIpc) is 2.02. The summed E-state index contributed by atoms with van der Waals surface area (Å²) in [5.41, 5.74) is -1.59. The summed E-state index contributed by atoms with van der Waals surface area (Å²) in [6.45, 7) is 1.23. The largest absolute Gasteiger partial charge is 0.320 e. The second-order valence-electron chi connectivity index (χ2n) is 3.00. The van der Waals surface area contributed by atoms with Gasteiger partial charge in [0.25, 0.3) is 0 Å². The first-order valence-corrected chi connectivity index (χ1v) is 4.32. The van der Waals surface area contributed by atoms with Crippen molar-refractivity contribution >= 4 is 17.5 Å². The van der Waals surface area contributed by atoms with Crippen molar-refractivity contribution in [2.45, 2.75) is 19.0 Å². The summed E-state index contributed by atoms with van der Waals surface area (Å²) in [5, 5.41) is 13.3. The lowest BCUT2D eigenvalue weighted by molar-refractivity contribution is -0.559. The number of rotatable bonds is 2. The number of nitro groups is 1. The van der Waals surface area contributed by atoms with Crippen molar-refractivity contribution in [2.75, 3.05) is 0 Å². The number of hydrogen-bond acceptors (Lipinski definition) is 3. The molecule has 1 aliphatic rings. The fourth-order valence-corrected chi connectivity index (χ4v) is 1.52. The summed E-state index contributed by atoms with van der Waals surface area (Å²) >= 11 is 5.65. The third-order valence-corrected chi connectivity index (χ3v) is 2.04. The van der Waals surface area contributed by atoms with Crippen LogP contribution < -0.4 is 5.32 Å². The van der Waals surface area contributed by atoms with Crippen molar-refractivity contribution in [3.8, 4) is 0 Å². The predicted octanol–water partition coefficient (Wildman–Crippen LogP) is 1.18.